The number of methoxy groups -OCH3 is 1. The summed E-state index contributed by atoms with van der Waals surface area (Å²) in [7, 11) is 1.30. The van der Waals surface area contributed by atoms with E-state index in [1.165, 1.54) is 54.5 Å². The van der Waals surface area contributed by atoms with E-state index in [0.29, 0.717) is 0 Å². The Morgan fingerprint density at radius 2 is 1.69 bits per heavy atom. The molecule has 0 radical (unpaired) electrons. The van der Waals surface area contributed by atoms with E-state index in [2.05, 4.69) is 0 Å². The van der Waals surface area contributed by atoms with Crippen molar-refractivity contribution in [3.8, 4) is 5.75 Å². The van der Waals surface area contributed by atoms with Crippen molar-refractivity contribution in [2.24, 2.45) is 5.92 Å². The summed E-state index contributed by atoms with van der Waals surface area (Å²) in [6.45, 7) is -0.625. The number of hydrogen-bond donors (Lipinski definition) is 0. The summed E-state index contributed by atoms with van der Waals surface area (Å²) in [6, 6.07) is 8.61. The molecule has 1 fully saturated rings. The van der Waals surface area contributed by atoms with Gasteiger partial charge in [0.25, 0.3) is 11.4 Å². The van der Waals surface area contributed by atoms with Gasteiger partial charge in [-0.2, -0.15) is 0 Å². The molecule has 12 heteroatoms. The molecule has 1 aliphatic heterocycles. The Bertz CT molecular complexity index is 1100. The summed E-state index contributed by atoms with van der Waals surface area (Å²) >= 11 is 0. The molecule has 1 heterocycles. The van der Waals surface area contributed by atoms with Gasteiger partial charge in [0.15, 0.2) is 12.4 Å². The number of anilines is 1. The second kappa shape index (κ2) is 9.20. The molecule has 3 rings (SSSR count). The van der Waals surface area contributed by atoms with Gasteiger partial charge in [0, 0.05) is 36.7 Å². The number of ketones is 1. The first-order valence-electron chi connectivity index (χ1n) is 9.28. The van der Waals surface area contributed by atoms with Gasteiger partial charge >= 0.3 is 5.97 Å². The molecule has 0 spiro atoms. The molecule has 0 N–H and O–H groups in total. The molecule has 1 amide bonds. The van der Waals surface area contributed by atoms with Crippen LogP contribution in [0.4, 0.5) is 17.1 Å². The van der Waals surface area contributed by atoms with E-state index >= 15 is 0 Å². The zero-order chi connectivity index (χ0) is 23.4. The van der Waals surface area contributed by atoms with Crippen molar-refractivity contribution in [1.29, 1.82) is 0 Å². The van der Waals surface area contributed by atoms with Crippen LogP contribution in [-0.2, 0) is 14.3 Å². The average molecular weight is 443 g/mol. The number of nitro benzene ring substituents is 2. The van der Waals surface area contributed by atoms with Gasteiger partial charge in [-0.05, 0) is 18.2 Å². The van der Waals surface area contributed by atoms with E-state index in [1.807, 2.05) is 0 Å². The zero-order valence-electron chi connectivity index (χ0n) is 16.8. The molecule has 32 heavy (non-hydrogen) atoms. The first-order valence-corrected chi connectivity index (χ1v) is 9.28. The lowest BCUT2D eigenvalue weighted by Crippen LogP contribution is -2.27. The van der Waals surface area contributed by atoms with Crippen molar-refractivity contribution in [2.45, 2.75) is 6.42 Å². The maximum absolute atomic E-state index is 12.4. The lowest BCUT2D eigenvalue weighted by molar-refractivity contribution is -0.385. The predicted molar refractivity (Wildman–Crippen MR) is 108 cm³/mol. The van der Waals surface area contributed by atoms with Gasteiger partial charge in [0.1, 0.15) is 5.75 Å². The van der Waals surface area contributed by atoms with Crippen molar-refractivity contribution >= 4 is 34.7 Å². The zero-order valence-corrected chi connectivity index (χ0v) is 16.8. The molecule has 166 valence electrons. The second-order valence-corrected chi connectivity index (χ2v) is 6.85. The summed E-state index contributed by atoms with van der Waals surface area (Å²) in [5.41, 5.74) is 0.0336. The fraction of sp³-hybridized carbons (Fsp3) is 0.250. The van der Waals surface area contributed by atoms with Gasteiger partial charge in [-0.15, -0.1) is 0 Å². The van der Waals surface area contributed by atoms with Crippen LogP contribution in [0.2, 0.25) is 0 Å². The molecular formula is C20H17N3O9. The monoisotopic (exact) mass is 443 g/mol. The normalized spacial score (nSPS) is 15.3. The minimum atomic E-state index is -0.841. The summed E-state index contributed by atoms with van der Waals surface area (Å²) in [6.07, 6.45) is -0.162. The number of benzene rings is 2. The molecule has 0 saturated carbocycles. The van der Waals surface area contributed by atoms with E-state index in [1.54, 1.807) is 0 Å². The number of carbonyl (C=O) groups is 3. The average Bonchev–Trinajstić information content (AvgIpc) is 3.18. The largest absolute Gasteiger partial charge is 0.494 e. The molecule has 0 bridgehead atoms. The van der Waals surface area contributed by atoms with Crippen LogP contribution < -0.4 is 9.64 Å². The Labute approximate surface area is 180 Å². The number of Topliss-reactive ketones (excluding diaryl/α,β-unsaturated/α-hetero) is 1. The van der Waals surface area contributed by atoms with Crippen LogP contribution in [0.1, 0.15) is 16.8 Å². The van der Waals surface area contributed by atoms with Crippen molar-refractivity contribution in [3.63, 3.8) is 0 Å². The Balaban J connectivity index is 1.63. The van der Waals surface area contributed by atoms with E-state index in [4.69, 9.17) is 9.47 Å². The van der Waals surface area contributed by atoms with Crippen LogP contribution in [-0.4, -0.2) is 47.8 Å². The third kappa shape index (κ3) is 4.69. The fourth-order valence-corrected chi connectivity index (χ4v) is 3.21. The smallest absolute Gasteiger partial charge is 0.311 e. The predicted octanol–water partition coefficient (Wildman–Crippen LogP) is 2.29. The number of esters is 1. The van der Waals surface area contributed by atoms with Gasteiger partial charge in [0.05, 0.1) is 34.6 Å². The van der Waals surface area contributed by atoms with Crippen LogP contribution in [0, 0.1) is 26.1 Å². The first kappa shape index (κ1) is 22.3. The van der Waals surface area contributed by atoms with Crippen molar-refractivity contribution in [1.82, 2.24) is 0 Å². The van der Waals surface area contributed by atoms with E-state index in [9.17, 15) is 34.6 Å². The van der Waals surface area contributed by atoms with Crippen LogP contribution in [0.25, 0.3) is 0 Å². The molecule has 1 saturated heterocycles. The van der Waals surface area contributed by atoms with Crippen molar-refractivity contribution < 1.29 is 33.7 Å². The van der Waals surface area contributed by atoms with Gasteiger partial charge in [-0.1, -0.05) is 0 Å². The third-order valence-electron chi connectivity index (χ3n) is 4.87. The molecule has 1 atom stereocenters. The van der Waals surface area contributed by atoms with Gasteiger partial charge in [0.2, 0.25) is 5.91 Å². The van der Waals surface area contributed by atoms with E-state index in [0.717, 1.165) is 0 Å². The van der Waals surface area contributed by atoms with Crippen LogP contribution >= 0.6 is 0 Å². The maximum Gasteiger partial charge on any atom is 0.311 e. The Kier molecular flexibility index (Phi) is 6.42. The van der Waals surface area contributed by atoms with Crippen LogP contribution in [0.3, 0.4) is 0 Å². The summed E-state index contributed by atoms with van der Waals surface area (Å²) < 4.78 is 10.2. The highest BCUT2D eigenvalue weighted by atomic mass is 16.6. The quantitative estimate of drug-likeness (QED) is 0.258. The highest BCUT2D eigenvalue weighted by Crippen LogP contribution is 2.36. The molecule has 2 aromatic rings. The van der Waals surface area contributed by atoms with E-state index in [-0.39, 0.29) is 41.3 Å². The number of ether oxygens (including phenoxy) is 2. The SMILES string of the molecule is COc1cc([N+](=O)[O-])ccc1N1C[C@H](C(=O)OCC(=O)c2ccc([N+](=O)[O-])cc2)CC1=O. The fourth-order valence-electron chi connectivity index (χ4n) is 3.21. The molecule has 0 aliphatic carbocycles. The van der Waals surface area contributed by atoms with Gasteiger partial charge in [-0.25, -0.2) is 0 Å². The Hall–Kier alpha value is -4.35. The summed E-state index contributed by atoms with van der Waals surface area (Å²) in [5.74, 6) is -2.44. The molecule has 12 nitrogen and oxygen atoms in total. The second-order valence-electron chi connectivity index (χ2n) is 6.85. The van der Waals surface area contributed by atoms with Crippen LogP contribution in [0.15, 0.2) is 42.5 Å². The third-order valence-corrected chi connectivity index (χ3v) is 4.87. The maximum atomic E-state index is 12.4. The molecule has 2 aromatic carbocycles. The number of non-ortho nitro benzene ring substituents is 2. The van der Waals surface area contributed by atoms with E-state index < -0.39 is 40.0 Å². The number of nitro groups is 2. The standard InChI is InChI=1S/C20H17N3O9/c1-31-18-9-15(23(29)30)6-7-16(18)21-10-13(8-19(21)25)20(26)32-11-17(24)12-2-4-14(5-3-12)22(27)28/h2-7,9,13H,8,10-11H2,1H3/t13-/m1/s1. The minimum absolute atomic E-state index is 0.0441. The number of rotatable bonds is 8. The van der Waals surface area contributed by atoms with Crippen LogP contribution in [0.5, 0.6) is 5.75 Å². The molecule has 0 aromatic heterocycles. The topological polar surface area (TPSA) is 159 Å². The van der Waals surface area contributed by atoms with Crippen molar-refractivity contribution in [2.75, 3.05) is 25.2 Å². The molecule has 1 aliphatic rings. The number of nitrogens with zero attached hydrogens (tertiary/aromatic N) is 3. The molecular weight excluding hydrogens is 426 g/mol. The number of carbonyl (C=O) groups excluding carboxylic acids is 3. The lowest BCUT2D eigenvalue weighted by atomic mass is 10.1. The highest BCUT2D eigenvalue weighted by Gasteiger charge is 2.37. The highest BCUT2D eigenvalue weighted by molar-refractivity contribution is 6.01. The van der Waals surface area contributed by atoms with Crippen molar-refractivity contribution in [3.05, 3.63) is 68.3 Å². The number of amides is 1. The lowest BCUT2D eigenvalue weighted by Gasteiger charge is -2.19. The Morgan fingerprint density at radius 3 is 2.28 bits per heavy atom. The van der Waals surface area contributed by atoms with Gasteiger partial charge in [-0.3, -0.25) is 34.6 Å². The number of hydrogen-bond acceptors (Lipinski definition) is 9. The molecule has 0 unspecified atom stereocenters. The first-order chi connectivity index (χ1) is 15.2. The summed E-state index contributed by atoms with van der Waals surface area (Å²) in [5, 5.41) is 21.6. The summed E-state index contributed by atoms with van der Waals surface area (Å²) in [4.78, 5) is 58.7. The van der Waals surface area contributed by atoms with Gasteiger partial charge < -0.3 is 14.4 Å². The minimum Gasteiger partial charge on any atom is -0.494 e. The Morgan fingerprint density at radius 1 is 1.06 bits per heavy atom.